The maximum absolute atomic E-state index is 13.2. The van der Waals surface area contributed by atoms with Gasteiger partial charge in [0.15, 0.2) is 0 Å². The molecule has 0 saturated heterocycles. The van der Waals surface area contributed by atoms with Gasteiger partial charge in [0, 0.05) is 18.7 Å². The Balaban J connectivity index is 2.44. The van der Waals surface area contributed by atoms with E-state index in [1.807, 2.05) is 0 Å². The van der Waals surface area contributed by atoms with Gasteiger partial charge in [-0.3, -0.25) is 4.98 Å². The predicted molar refractivity (Wildman–Crippen MR) is 67.5 cm³/mol. The Morgan fingerprint density at radius 1 is 1.05 bits per heavy atom. The van der Waals surface area contributed by atoms with E-state index < -0.39 is 17.8 Å². The van der Waals surface area contributed by atoms with E-state index >= 15 is 0 Å². The molecule has 0 radical (unpaired) electrons. The van der Waals surface area contributed by atoms with Crippen LogP contribution in [-0.4, -0.2) is 22.7 Å². The Morgan fingerprint density at radius 2 is 1.74 bits per heavy atom. The van der Waals surface area contributed by atoms with Crippen LogP contribution in [-0.2, 0) is 0 Å². The van der Waals surface area contributed by atoms with Crippen molar-refractivity contribution in [2.45, 2.75) is 12.0 Å². The average Bonchev–Trinajstić information content (AvgIpc) is 2.41. The SMILES string of the molecule is NCC(O)C(c1ccc(F)cc1)c1cncc(F)c1. The predicted octanol–water partition coefficient (Wildman–Crippen LogP) is 1.81. The molecule has 5 heteroatoms. The molecule has 2 unspecified atom stereocenters. The summed E-state index contributed by atoms with van der Waals surface area (Å²) in [7, 11) is 0. The number of rotatable bonds is 4. The number of aliphatic hydroxyl groups is 1. The van der Waals surface area contributed by atoms with Crippen LogP contribution in [0.2, 0.25) is 0 Å². The maximum Gasteiger partial charge on any atom is 0.141 e. The summed E-state index contributed by atoms with van der Waals surface area (Å²) < 4.78 is 26.2. The quantitative estimate of drug-likeness (QED) is 0.885. The second kappa shape index (κ2) is 5.86. The van der Waals surface area contributed by atoms with Gasteiger partial charge in [-0.05, 0) is 29.3 Å². The van der Waals surface area contributed by atoms with Crippen molar-refractivity contribution in [1.82, 2.24) is 4.98 Å². The molecule has 100 valence electrons. The summed E-state index contributed by atoms with van der Waals surface area (Å²) in [5, 5.41) is 10.0. The third kappa shape index (κ3) is 3.13. The summed E-state index contributed by atoms with van der Waals surface area (Å²) in [5.41, 5.74) is 6.64. The molecule has 3 N–H and O–H groups in total. The number of aromatic nitrogens is 1. The first-order valence-electron chi connectivity index (χ1n) is 5.86. The van der Waals surface area contributed by atoms with Gasteiger partial charge in [-0.1, -0.05) is 12.1 Å². The van der Waals surface area contributed by atoms with E-state index in [0.29, 0.717) is 11.1 Å². The fourth-order valence-corrected chi connectivity index (χ4v) is 2.04. The molecule has 2 atom stereocenters. The van der Waals surface area contributed by atoms with Gasteiger partial charge in [0.1, 0.15) is 11.6 Å². The first-order valence-corrected chi connectivity index (χ1v) is 5.86. The molecule has 1 aromatic carbocycles. The third-order valence-electron chi connectivity index (χ3n) is 2.94. The largest absolute Gasteiger partial charge is 0.391 e. The van der Waals surface area contributed by atoms with Crippen LogP contribution in [0.3, 0.4) is 0 Å². The summed E-state index contributed by atoms with van der Waals surface area (Å²) >= 11 is 0. The highest BCUT2D eigenvalue weighted by Gasteiger charge is 2.22. The van der Waals surface area contributed by atoms with Crippen molar-refractivity contribution in [3.63, 3.8) is 0 Å². The Morgan fingerprint density at radius 3 is 2.32 bits per heavy atom. The average molecular weight is 264 g/mol. The minimum Gasteiger partial charge on any atom is -0.391 e. The van der Waals surface area contributed by atoms with E-state index in [2.05, 4.69) is 4.98 Å². The normalized spacial score (nSPS) is 14.1. The number of hydrogen-bond acceptors (Lipinski definition) is 3. The van der Waals surface area contributed by atoms with Crippen LogP contribution in [0.5, 0.6) is 0 Å². The van der Waals surface area contributed by atoms with Gasteiger partial charge in [0.25, 0.3) is 0 Å². The minimum atomic E-state index is -0.894. The van der Waals surface area contributed by atoms with Gasteiger partial charge in [-0.25, -0.2) is 8.78 Å². The van der Waals surface area contributed by atoms with Crippen LogP contribution in [0.15, 0.2) is 42.7 Å². The lowest BCUT2D eigenvalue weighted by molar-refractivity contribution is 0.164. The summed E-state index contributed by atoms with van der Waals surface area (Å²) in [6, 6.07) is 6.96. The Hall–Kier alpha value is -1.85. The van der Waals surface area contributed by atoms with Crippen molar-refractivity contribution in [1.29, 1.82) is 0 Å². The van der Waals surface area contributed by atoms with Crippen LogP contribution in [0.25, 0.3) is 0 Å². The Labute approximate surface area is 109 Å². The van der Waals surface area contributed by atoms with E-state index in [0.717, 1.165) is 6.20 Å². The Kier molecular flexibility index (Phi) is 4.19. The molecule has 2 aromatic rings. The van der Waals surface area contributed by atoms with Crippen molar-refractivity contribution < 1.29 is 13.9 Å². The summed E-state index contributed by atoms with van der Waals surface area (Å²) in [6.45, 7) is 0.0125. The zero-order valence-corrected chi connectivity index (χ0v) is 10.1. The zero-order chi connectivity index (χ0) is 13.8. The van der Waals surface area contributed by atoms with E-state index in [4.69, 9.17) is 5.73 Å². The number of nitrogens with two attached hydrogens (primary N) is 1. The van der Waals surface area contributed by atoms with Gasteiger partial charge in [0.2, 0.25) is 0 Å². The van der Waals surface area contributed by atoms with Crippen LogP contribution in [0, 0.1) is 11.6 Å². The van der Waals surface area contributed by atoms with Crippen molar-refractivity contribution in [3.05, 3.63) is 65.5 Å². The molecular formula is C14H14F2N2O. The molecule has 1 aromatic heterocycles. The van der Waals surface area contributed by atoms with Crippen LogP contribution in [0.1, 0.15) is 17.0 Å². The molecule has 3 nitrogen and oxygen atoms in total. The van der Waals surface area contributed by atoms with E-state index in [1.165, 1.54) is 24.4 Å². The molecular weight excluding hydrogens is 250 g/mol. The molecule has 2 rings (SSSR count). The molecule has 19 heavy (non-hydrogen) atoms. The maximum atomic E-state index is 13.2. The van der Waals surface area contributed by atoms with Gasteiger partial charge in [-0.2, -0.15) is 0 Å². The molecule has 0 bridgehead atoms. The van der Waals surface area contributed by atoms with Crippen molar-refractivity contribution in [3.8, 4) is 0 Å². The smallest absolute Gasteiger partial charge is 0.141 e. The van der Waals surface area contributed by atoms with Crippen LogP contribution in [0.4, 0.5) is 8.78 Å². The summed E-state index contributed by atoms with van der Waals surface area (Å²) in [6.07, 6.45) is 1.66. The summed E-state index contributed by atoms with van der Waals surface area (Å²) in [4.78, 5) is 3.76. The lowest BCUT2D eigenvalue weighted by Crippen LogP contribution is -2.28. The van der Waals surface area contributed by atoms with E-state index in [1.54, 1.807) is 12.1 Å². The first kappa shape index (κ1) is 13.6. The van der Waals surface area contributed by atoms with Gasteiger partial charge in [0.05, 0.1) is 12.3 Å². The highest BCUT2D eigenvalue weighted by atomic mass is 19.1. The number of halogens is 2. The topological polar surface area (TPSA) is 59.1 Å². The molecule has 1 heterocycles. The Bertz CT molecular complexity index is 545. The molecule has 0 aliphatic carbocycles. The molecule has 0 amide bonds. The van der Waals surface area contributed by atoms with Crippen molar-refractivity contribution >= 4 is 0 Å². The number of aliphatic hydroxyl groups excluding tert-OH is 1. The fourth-order valence-electron chi connectivity index (χ4n) is 2.04. The highest BCUT2D eigenvalue weighted by Crippen LogP contribution is 2.28. The highest BCUT2D eigenvalue weighted by molar-refractivity contribution is 5.32. The number of pyridine rings is 1. The van der Waals surface area contributed by atoms with E-state index in [-0.39, 0.29) is 12.4 Å². The summed E-state index contributed by atoms with van der Waals surface area (Å²) in [5.74, 6) is -1.40. The number of benzene rings is 1. The van der Waals surface area contributed by atoms with Gasteiger partial charge < -0.3 is 10.8 Å². The van der Waals surface area contributed by atoms with Crippen LogP contribution < -0.4 is 5.73 Å². The molecule has 0 aliphatic heterocycles. The van der Waals surface area contributed by atoms with Crippen LogP contribution >= 0.6 is 0 Å². The number of nitrogens with zero attached hydrogens (tertiary/aromatic N) is 1. The minimum absolute atomic E-state index is 0.0125. The van der Waals surface area contributed by atoms with E-state index in [9.17, 15) is 13.9 Å². The zero-order valence-electron chi connectivity index (χ0n) is 10.1. The monoisotopic (exact) mass is 264 g/mol. The molecule has 0 aliphatic rings. The first-order chi connectivity index (χ1) is 9.11. The lowest BCUT2D eigenvalue weighted by atomic mass is 9.87. The molecule has 0 spiro atoms. The molecule has 0 fully saturated rings. The second-order valence-electron chi connectivity index (χ2n) is 4.27. The van der Waals surface area contributed by atoms with Crippen molar-refractivity contribution in [2.24, 2.45) is 5.73 Å². The third-order valence-corrected chi connectivity index (χ3v) is 2.94. The lowest BCUT2D eigenvalue weighted by Gasteiger charge is -2.22. The van der Waals surface area contributed by atoms with Gasteiger partial charge >= 0.3 is 0 Å². The molecule has 0 saturated carbocycles. The number of hydrogen-bond donors (Lipinski definition) is 2. The standard InChI is InChI=1S/C14H14F2N2O/c15-11-3-1-9(2-4-11)14(13(19)6-17)10-5-12(16)8-18-7-10/h1-5,7-8,13-14,19H,6,17H2. The second-order valence-corrected chi connectivity index (χ2v) is 4.27. The van der Waals surface area contributed by atoms with Crippen molar-refractivity contribution in [2.75, 3.05) is 6.54 Å². The van der Waals surface area contributed by atoms with Gasteiger partial charge in [-0.15, -0.1) is 0 Å². The fraction of sp³-hybridized carbons (Fsp3) is 0.214.